The summed E-state index contributed by atoms with van der Waals surface area (Å²) in [6.45, 7) is 0.601. The highest BCUT2D eigenvalue weighted by Gasteiger charge is 2.15. The molecular formula is C12H15N3O2. The maximum Gasteiger partial charge on any atom is 0.328 e. The Kier molecular flexibility index (Phi) is 3.43. The number of nitrogens with zero attached hydrogens (tertiary/aromatic N) is 2. The average molecular weight is 233 g/mol. The van der Waals surface area contributed by atoms with Crippen molar-refractivity contribution in [3.63, 3.8) is 0 Å². The standard InChI is InChI=1S/C12H15N3O2/c13-6-10-8-15(12(17)14-11(10)16)7-9-4-2-1-3-5-9/h8-9H,1-5,7H2,(H,14,16,17). The normalized spacial score (nSPS) is 16.6. The number of hydrogen-bond donors (Lipinski definition) is 1. The zero-order valence-electron chi connectivity index (χ0n) is 9.61. The fourth-order valence-corrected chi connectivity index (χ4v) is 2.37. The van der Waals surface area contributed by atoms with Crippen molar-refractivity contribution in [3.8, 4) is 6.07 Å². The van der Waals surface area contributed by atoms with Crippen LogP contribution in [0, 0.1) is 17.2 Å². The quantitative estimate of drug-likeness (QED) is 0.827. The van der Waals surface area contributed by atoms with Gasteiger partial charge in [0.25, 0.3) is 5.56 Å². The maximum atomic E-state index is 11.6. The Hall–Kier alpha value is -1.83. The number of hydrogen-bond acceptors (Lipinski definition) is 3. The second kappa shape index (κ2) is 5.00. The molecule has 90 valence electrons. The Labute approximate surface area is 98.7 Å². The SMILES string of the molecule is N#Cc1cn(CC2CCCCC2)c(=O)[nH]c1=O. The summed E-state index contributed by atoms with van der Waals surface area (Å²) in [5.41, 5.74) is -1.02. The lowest BCUT2D eigenvalue weighted by molar-refractivity contribution is 0.314. The summed E-state index contributed by atoms with van der Waals surface area (Å²) in [6, 6.07) is 1.80. The van der Waals surface area contributed by atoms with Crippen molar-refractivity contribution in [3.05, 3.63) is 32.6 Å². The minimum Gasteiger partial charge on any atom is -0.299 e. The molecule has 17 heavy (non-hydrogen) atoms. The smallest absolute Gasteiger partial charge is 0.299 e. The molecule has 0 amide bonds. The van der Waals surface area contributed by atoms with E-state index in [0.29, 0.717) is 12.5 Å². The molecule has 1 aromatic rings. The molecule has 0 aliphatic heterocycles. The molecular weight excluding hydrogens is 218 g/mol. The lowest BCUT2D eigenvalue weighted by Crippen LogP contribution is -2.33. The predicted molar refractivity (Wildman–Crippen MR) is 62.6 cm³/mol. The molecule has 1 aliphatic carbocycles. The van der Waals surface area contributed by atoms with Gasteiger partial charge in [0, 0.05) is 12.7 Å². The highest BCUT2D eigenvalue weighted by atomic mass is 16.2. The van der Waals surface area contributed by atoms with Crippen LogP contribution >= 0.6 is 0 Å². The van der Waals surface area contributed by atoms with Gasteiger partial charge in [0.2, 0.25) is 0 Å². The van der Waals surface area contributed by atoms with Crippen LogP contribution in [-0.4, -0.2) is 9.55 Å². The Morgan fingerprint density at radius 2 is 2.06 bits per heavy atom. The van der Waals surface area contributed by atoms with Crippen LogP contribution in [0.15, 0.2) is 15.8 Å². The average Bonchev–Trinajstić information content (AvgIpc) is 2.34. The Bertz CT molecular complexity index is 544. The van der Waals surface area contributed by atoms with Crippen LogP contribution in [0.25, 0.3) is 0 Å². The fourth-order valence-electron chi connectivity index (χ4n) is 2.37. The third-order valence-electron chi connectivity index (χ3n) is 3.31. The molecule has 0 saturated heterocycles. The van der Waals surface area contributed by atoms with Gasteiger partial charge < -0.3 is 0 Å². The van der Waals surface area contributed by atoms with E-state index in [2.05, 4.69) is 4.98 Å². The first-order valence-electron chi connectivity index (χ1n) is 5.94. The number of H-pyrrole nitrogens is 1. The molecule has 0 bridgehead atoms. The second-order valence-corrected chi connectivity index (χ2v) is 4.57. The molecule has 1 heterocycles. The number of nitrogens with one attached hydrogen (secondary N) is 1. The molecule has 1 aromatic heterocycles. The Morgan fingerprint density at radius 1 is 1.35 bits per heavy atom. The number of aromatic amines is 1. The summed E-state index contributed by atoms with van der Waals surface area (Å²) in [7, 11) is 0. The minimum absolute atomic E-state index is 0.000379. The van der Waals surface area contributed by atoms with Gasteiger partial charge in [0.1, 0.15) is 11.6 Å². The molecule has 0 spiro atoms. The van der Waals surface area contributed by atoms with Crippen LogP contribution in [0.3, 0.4) is 0 Å². The van der Waals surface area contributed by atoms with Crippen molar-refractivity contribution < 1.29 is 0 Å². The minimum atomic E-state index is -0.600. The van der Waals surface area contributed by atoms with Crippen LogP contribution in [-0.2, 0) is 6.54 Å². The highest BCUT2D eigenvalue weighted by molar-refractivity contribution is 5.21. The molecule has 0 unspecified atom stereocenters. The summed E-state index contributed by atoms with van der Waals surface area (Å²) in [5.74, 6) is 0.485. The van der Waals surface area contributed by atoms with Crippen molar-refractivity contribution in [1.29, 1.82) is 5.26 Å². The second-order valence-electron chi connectivity index (χ2n) is 4.57. The fraction of sp³-hybridized carbons (Fsp3) is 0.583. The lowest BCUT2D eigenvalue weighted by Gasteiger charge is -2.21. The summed E-state index contributed by atoms with van der Waals surface area (Å²) in [6.07, 6.45) is 7.28. The van der Waals surface area contributed by atoms with Crippen molar-refractivity contribution in [1.82, 2.24) is 9.55 Å². The lowest BCUT2D eigenvalue weighted by atomic mass is 9.89. The summed E-state index contributed by atoms with van der Waals surface area (Å²) < 4.78 is 1.45. The molecule has 1 N–H and O–H groups in total. The number of nitriles is 1. The van der Waals surface area contributed by atoms with Gasteiger partial charge in [0.15, 0.2) is 0 Å². The van der Waals surface area contributed by atoms with E-state index in [1.807, 2.05) is 0 Å². The molecule has 5 nitrogen and oxygen atoms in total. The number of rotatable bonds is 2. The van der Waals surface area contributed by atoms with E-state index < -0.39 is 11.2 Å². The molecule has 1 aliphatic rings. The third-order valence-corrected chi connectivity index (χ3v) is 3.31. The van der Waals surface area contributed by atoms with Crippen LogP contribution < -0.4 is 11.2 Å². The first-order valence-corrected chi connectivity index (χ1v) is 5.94. The van der Waals surface area contributed by atoms with Crippen LogP contribution in [0.2, 0.25) is 0 Å². The summed E-state index contributed by atoms with van der Waals surface area (Å²) >= 11 is 0. The van der Waals surface area contributed by atoms with Crippen LogP contribution in [0.1, 0.15) is 37.7 Å². The van der Waals surface area contributed by atoms with Crippen molar-refractivity contribution in [2.24, 2.45) is 5.92 Å². The summed E-state index contributed by atoms with van der Waals surface area (Å²) in [5, 5.41) is 8.75. The van der Waals surface area contributed by atoms with E-state index in [9.17, 15) is 9.59 Å². The molecule has 0 aromatic carbocycles. The third kappa shape index (κ3) is 2.64. The Balaban J connectivity index is 2.23. The molecule has 1 saturated carbocycles. The van der Waals surface area contributed by atoms with E-state index in [-0.39, 0.29) is 5.56 Å². The van der Waals surface area contributed by atoms with E-state index >= 15 is 0 Å². The van der Waals surface area contributed by atoms with Crippen molar-refractivity contribution >= 4 is 0 Å². The molecule has 5 heteroatoms. The van der Waals surface area contributed by atoms with Gasteiger partial charge in [-0.05, 0) is 18.8 Å². The van der Waals surface area contributed by atoms with Gasteiger partial charge in [0.05, 0.1) is 0 Å². The van der Waals surface area contributed by atoms with Gasteiger partial charge in [-0.3, -0.25) is 14.3 Å². The molecule has 0 atom stereocenters. The molecule has 1 fully saturated rings. The molecule has 0 radical (unpaired) electrons. The topological polar surface area (TPSA) is 78.7 Å². The van der Waals surface area contributed by atoms with Gasteiger partial charge in [-0.1, -0.05) is 19.3 Å². The zero-order chi connectivity index (χ0) is 12.3. The largest absolute Gasteiger partial charge is 0.328 e. The van der Waals surface area contributed by atoms with E-state index in [1.54, 1.807) is 6.07 Å². The first-order chi connectivity index (χ1) is 8.20. The summed E-state index contributed by atoms with van der Waals surface area (Å²) in [4.78, 5) is 25.0. The van der Waals surface area contributed by atoms with Crippen molar-refractivity contribution in [2.75, 3.05) is 0 Å². The van der Waals surface area contributed by atoms with E-state index in [1.165, 1.54) is 30.0 Å². The molecule has 2 rings (SSSR count). The number of aromatic nitrogens is 2. The monoisotopic (exact) mass is 233 g/mol. The van der Waals surface area contributed by atoms with Gasteiger partial charge >= 0.3 is 5.69 Å². The van der Waals surface area contributed by atoms with Crippen molar-refractivity contribution in [2.45, 2.75) is 38.6 Å². The van der Waals surface area contributed by atoms with Gasteiger partial charge in [-0.25, -0.2) is 4.79 Å². The maximum absolute atomic E-state index is 11.6. The van der Waals surface area contributed by atoms with Crippen LogP contribution in [0.4, 0.5) is 0 Å². The van der Waals surface area contributed by atoms with E-state index in [0.717, 1.165) is 12.8 Å². The van der Waals surface area contributed by atoms with Gasteiger partial charge in [-0.2, -0.15) is 5.26 Å². The van der Waals surface area contributed by atoms with Gasteiger partial charge in [-0.15, -0.1) is 0 Å². The highest BCUT2D eigenvalue weighted by Crippen LogP contribution is 2.24. The predicted octanol–water partition coefficient (Wildman–Crippen LogP) is 0.989. The van der Waals surface area contributed by atoms with E-state index in [4.69, 9.17) is 5.26 Å². The first kappa shape index (κ1) is 11.6. The zero-order valence-corrected chi connectivity index (χ0v) is 9.61. The Morgan fingerprint density at radius 3 is 2.71 bits per heavy atom. The van der Waals surface area contributed by atoms with Crippen LogP contribution in [0.5, 0.6) is 0 Å².